The van der Waals surface area contributed by atoms with Crippen LogP contribution in [-0.4, -0.2) is 22.8 Å². The molecule has 2 aromatic rings. The number of cyclic esters (lactones) is 2. The number of ether oxygens (including phenoxy) is 2. The van der Waals surface area contributed by atoms with Crippen molar-refractivity contribution < 1.29 is 37.3 Å². The molecule has 0 saturated carbocycles. The lowest BCUT2D eigenvalue weighted by molar-refractivity contribution is -0.222. The fourth-order valence-corrected chi connectivity index (χ4v) is 2.64. The van der Waals surface area contributed by atoms with Gasteiger partial charge in [0.15, 0.2) is 0 Å². The maximum absolute atomic E-state index is 12.7. The van der Waals surface area contributed by atoms with E-state index in [1.165, 1.54) is 44.2 Å². The topological polar surface area (TPSA) is 72.8 Å². The molecule has 0 bridgehead atoms. The first-order valence-corrected chi connectivity index (χ1v) is 8.15. The standard InChI is InChI=1S/C20H15F3O5/c1-19(2)27-17(25)15(18(26)28-19)10-13-9-12(5-8-16(13)24)11-3-6-14(7-4-11)20(21,22)23/h3-10,24H,1-2H3. The third-order valence-electron chi connectivity index (χ3n) is 3.99. The Hall–Kier alpha value is -3.29. The van der Waals surface area contributed by atoms with Gasteiger partial charge >= 0.3 is 18.1 Å². The fourth-order valence-electron chi connectivity index (χ4n) is 2.64. The van der Waals surface area contributed by atoms with Crippen LogP contribution >= 0.6 is 0 Å². The van der Waals surface area contributed by atoms with Crippen molar-refractivity contribution >= 4 is 18.0 Å². The van der Waals surface area contributed by atoms with Crippen molar-refractivity contribution in [1.82, 2.24) is 0 Å². The summed E-state index contributed by atoms with van der Waals surface area (Å²) in [4.78, 5) is 24.1. The van der Waals surface area contributed by atoms with Crippen molar-refractivity contribution in [2.75, 3.05) is 0 Å². The highest BCUT2D eigenvalue weighted by atomic mass is 19.4. The van der Waals surface area contributed by atoms with E-state index in [2.05, 4.69) is 0 Å². The molecule has 0 aliphatic carbocycles. The molecular weight excluding hydrogens is 377 g/mol. The Bertz CT molecular complexity index is 950. The van der Waals surface area contributed by atoms with Gasteiger partial charge in [-0.25, -0.2) is 9.59 Å². The van der Waals surface area contributed by atoms with Gasteiger partial charge in [-0.05, 0) is 41.5 Å². The minimum Gasteiger partial charge on any atom is -0.507 e. The number of aromatic hydroxyl groups is 1. The van der Waals surface area contributed by atoms with E-state index in [9.17, 15) is 27.9 Å². The summed E-state index contributed by atoms with van der Waals surface area (Å²) in [5.74, 6) is -3.43. The minimum atomic E-state index is -4.45. The molecule has 146 valence electrons. The van der Waals surface area contributed by atoms with Gasteiger partial charge in [0.2, 0.25) is 0 Å². The second-order valence-corrected chi connectivity index (χ2v) is 6.59. The molecule has 1 fully saturated rings. The first-order valence-electron chi connectivity index (χ1n) is 8.15. The van der Waals surface area contributed by atoms with Crippen LogP contribution in [0.1, 0.15) is 25.0 Å². The van der Waals surface area contributed by atoms with Crippen LogP contribution in [-0.2, 0) is 25.2 Å². The average Bonchev–Trinajstić information content (AvgIpc) is 2.58. The number of phenolic OH excluding ortho intramolecular Hbond substituents is 1. The zero-order valence-electron chi connectivity index (χ0n) is 14.8. The number of hydrogen-bond donors (Lipinski definition) is 1. The average molecular weight is 392 g/mol. The van der Waals surface area contributed by atoms with Gasteiger partial charge in [-0.1, -0.05) is 18.2 Å². The van der Waals surface area contributed by atoms with Crippen molar-refractivity contribution in [2.24, 2.45) is 0 Å². The summed E-state index contributed by atoms with van der Waals surface area (Å²) in [6.07, 6.45) is -3.33. The molecule has 0 unspecified atom stereocenters. The molecule has 1 saturated heterocycles. The van der Waals surface area contributed by atoms with Crippen LogP contribution in [0.5, 0.6) is 5.75 Å². The number of phenols is 1. The summed E-state index contributed by atoms with van der Waals surface area (Å²) in [6, 6.07) is 8.71. The predicted octanol–water partition coefficient (Wildman–Crippen LogP) is 4.30. The van der Waals surface area contributed by atoms with Gasteiger partial charge in [-0.15, -0.1) is 0 Å². The Labute approximate surface area is 158 Å². The zero-order chi connectivity index (χ0) is 20.7. The number of benzene rings is 2. The molecule has 1 aliphatic heterocycles. The van der Waals surface area contributed by atoms with E-state index in [-0.39, 0.29) is 11.3 Å². The molecule has 0 amide bonds. The van der Waals surface area contributed by atoms with Crippen molar-refractivity contribution in [1.29, 1.82) is 0 Å². The van der Waals surface area contributed by atoms with Gasteiger partial charge in [0, 0.05) is 19.4 Å². The summed E-state index contributed by atoms with van der Waals surface area (Å²) < 4.78 is 48.1. The number of carbonyl (C=O) groups is 2. The summed E-state index contributed by atoms with van der Waals surface area (Å²) in [7, 11) is 0. The molecule has 5 nitrogen and oxygen atoms in total. The van der Waals surface area contributed by atoms with Crippen molar-refractivity contribution in [2.45, 2.75) is 25.8 Å². The molecule has 1 aliphatic rings. The highest BCUT2D eigenvalue weighted by Gasteiger charge is 2.39. The Morgan fingerprint density at radius 3 is 2.00 bits per heavy atom. The van der Waals surface area contributed by atoms with Crippen LogP contribution < -0.4 is 0 Å². The summed E-state index contributed by atoms with van der Waals surface area (Å²) in [6.45, 7) is 2.81. The Kier molecular flexibility index (Phi) is 4.66. The largest absolute Gasteiger partial charge is 0.507 e. The molecule has 8 heteroatoms. The van der Waals surface area contributed by atoms with Gasteiger partial charge < -0.3 is 14.6 Å². The summed E-state index contributed by atoms with van der Waals surface area (Å²) in [5, 5.41) is 10.0. The molecule has 0 radical (unpaired) electrons. The number of carbonyl (C=O) groups excluding carboxylic acids is 2. The quantitative estimate of drug-likeness (QED) is 0.469. The van der Waals surface area contributed by atoms with E-state index in [0.29, 0.717) is 11.1 Å². The monoisotopic (exact) mass is 392 g/mol. The Morgan fingerprint density at radius 2 is 1.46 bits per heavy atom. The van der Waals surface area contributed by atoms with Gasteiger partial charge in [0.1, 0.15) is 11.3 Å². The van der Waals surface area contributed by atoms with E-state index in [0.717, 1.165) is 18.2 Å². The summed E-state index contributed by atoms with van der Waals surface area (Å²) >= 11 is 0. The smallest absolute Gasteiger partial charge is 0.416 e. The first-order chi connectivity index (χ1) is 13.0. The third-order valence-corrected chi connectivity index (χ3v) is 3.99. The number of halogens is 3. The van der Waals surface area contributed by atoms with E-state index >= 15 is 0 Å². The van der Waals surface area contributed by atoms with Gasteiger partial charge in [0.25, 0.3) is 5.79 Å². The molecule has 1 N–H and O–H groups in total. The van der Waals surface area contributed by atoms with Crippen LogP contribution in [0.4, 0.5) is 13.2 Å². The first kappa shape index (κ1) is 19.5. The maximum atomic E-state index is 12.7. The third kappa shape index (κ3) is 4.00. The van der Waals surface area contributed by atoms with Gasteiger partial charge in [0.05, 0.1) is 5.56 Å². The number of rotatable bonds is 2. The molecule has 28 heavy (non-hydrogen) atoms. The van der Waals surface area contributed by atoms with E-state index in [1.807, 2.05) is 0 Å². The lowest BCUT2D eigenvalue weighted by Gasteiger charge is -2.29. The van der Waals surface area contributed by atoms with Crippen molar-refractivity contribution in [3.8, 4) is 16.9 Å². The van der Waals surface area contributed by atoms with Crippen LogP contribution in [0.3, 0.4) is 0 Å². The molecule has 3 rings (SSSR count). The van der Waals surface area contributed by atoms with Gasteiger partial charge in [-0.2, -0.15) is 13.2 Å². The molecule has 1 heterocycles. The summed E-state index contributed by atoms with van der Waals surface area (Å²) in [5.41, 5.74) is -0.133. The number of esters is 2. The van der Waals surface area contributed by atoms with Crippen LogP contribution in [0, 0.1) is 0 Å². The highest BCUT2D eigenvalue weighted by molar-refractivity contribution is 6.19. The fraction of sp³-hybridized carbons (Fsp3) is 0.200. The molecule has 0 atom stereocenters. The van der Waals surface area contributed by atoms with Crippen molar-refractivity contribution in [3.63, 3.8) is 0 Å². The van der Waals surface area contributed by atoms with Crippen LogP contribution in [0.2, 0.25) is 0 Å². The lowest BCUT2D eigenvalue weighted by Crippen LogP contribution is -2.41. The number of hydrogen-bond acceptors (Lipinski definition) is 5. The normalized spacial score (nSPS) is 16.4. The Balaban J connectivity index is 1.96. The zero-order valence-corrected chi connectivity index (χ0v) is 14.8. The maximum Gasteiger partial charge on any atom is 0.416 e. The van der Waals surface area contributed by atoms with Crippen molar-refractivity contribution in [3.05, 3.63) is 59.2 Å². The predicted molar refractivity (Wildman–Crippen MR) is 92.8 cm³/mol. The van der Waals surface area contributed by atoms with Crippen LogP contribution in [0.15, 0.2) is 48.0 Å². The molecule has 0 spiro atoms. The molecule has 2 aromatic carbocycles. The SMILES string of the molecule is CC1(C)OC(=O)C(=Cc2cc(-c3ccc(C(F)(F)F)cc3)ccc2O)C(=O)O1. The molecule has 0 aromatic heterocycles. The van der Waals surface area contributed by atoms with E-state index < -0.39 is 35.0 Å². The van der Waals surface area contributed by atoms with E-state index in [1.54, 1.807) is 0 Å². The van der Waals surface area contributed by atoms with Crippen LogP contribution in [0.25, 0.3) is 17.2 Å². The highest BCUT2D eigenvalue weighted by Crippen LogP contribution is 2.33. The number of alkyl halides is 3. The molecular formula is C20H15F3O5. The second kappa shape index (κ2) is 6.70. The minimum absolute atomic E-state index is 0.112. The lowest BCUT2D eigenvalue weighted by atomic mass is 9.99. The Morgan fingerprint density at radius 1 is 0.929 bits per heavy atom. The van der Waals surface area contributed by atoms with Gasteiger partial charge in [-0.3, -0.25) is 0 Å². The van der Waals surface area contributed by atoms with E-state index in [4.69, 9.17) is 9.47 Å². The second-order valence-electron chi connectivity index (χ2n) is 6.59.